The third-order valence-corrected chi connectivity index (χ3v) is 15.0. The molecule has 0 saturated heterocycles. The first-order chi connectivity index (χ1) is 26.9. The molecule has 5 N–H and O–H groups in total. The number of carboxylic acids is 2. The van der Waals surface area contributed by atoms with Gasteiger partial charge in [0.05, 0.1) is 27.1 Å². The van der Waals surface area contributed by atoms with Gasteiger partial charge < -0.3 is 35.8 Å². The Morgan fingerprint density at radius 1 is 0.567 bits per heavy atom. The summed E-state index contributed by atoms with van der Waals surface area (Å²) in [6.07, 6.45) is 6.70. The van der Waals surface area contributed by atoms with E-state index in [-0.39, 0.29) is 76.6 Å². The van der Waals surface area contributed by atoms with Crippen LogP contribution < -0.4 is 29.5 Å². The third kappa shape index (κ3) is 39.0. The first-order valence-corrected chi connectivity index (χ1v) is 24.4. The molecule has 0 aromatic heterocycles. The largest absolute Gasteiger partial charge is 1.00 e. The number of ether oxygens (including phenoxy) is 2. The fourth-order valence-corrected chi connectivity index (χ4v) is 10.1. The van der Waals surface area contributed by atoms with Crippen molar-refractivity contribution in [1.29, 1.82) is 0 Å². The Bertz CT molecular complexity index is 1300. The number of esters is 2. The van der Waals surface area contributed by atoms with E-state index >= 15 is 0 Å². The van der Waals surface area contributed by atoms with Crippen molar-refractivity contribution in [2.24, 2.45) is 11.8 Å². The number of hydrogen-bond donors (Lipinski definition) is 4. The van der Waals surface area contributed by atoms with Crippen LogP contribution in [0.15, 0.2) is 0 Å². The van der Waals surface area contributed by atoms with Crippen molar-refractivity contribution in [3.8, 4) is 0 Å². The van der Waals surface area contributed by atoms with Gasteiger partial charge in [-0.3, -0.25) is 28.8 Å². The Hall–Kier alpha value is -1.88. The van der Waals surface area contributed by atoms with Crippen LogP contribution in [0.3, 0.4) is 0 Å². The van der Waals surface area contributed by atoms with Crippen molar-refractivity contribution in [2.75, 3.05) is 25.7 Å². The smallest absolute Gasteiger partial charge is 0.870 e. The predicted octanol–water partition coefficient (Wildman–Crippen LogP) is 4.52. The molecule has 0 rings (SSSR count). The van der Waals surface area contributed by atoms with E-state index in [4.69, 9.17) is 10.2 Å². The number of nitrogens with one attached hydrogen (secondary N) is 2. The maximum absolute atomic E-state index is 12.2. The Morgan fingerprint density at radius 2 is 0.933 bits per heavy atom. The molecule has 0 spiro atoms. The van der Waals surface area contributed by atoms with Crippen molar-refractivity contribution in [3.05, 3.63) is 0 Å². The fraction of sp³-hybridized carbons (Fsp3) is 0.800. The summed E-state index contributed by atoms with van der Waals surface area (Å²) in [7, 11) is 9.48. The minimum absolute atomic E-state index is 0. The Balaban J connectivity index is -0.000000507. The van der Waals surface area contributed by atoms with Crippen LogP contribution >= 0.6 is 43.2 Å². The van der Waals surface area contributed by atoms with E-state index < -0.39 is 48.3 Å². The molecule has 0 aromatic rings. The van der Waals surface area contributed by atoms with E-state index in [0.29, 0.717) is 31.5 Å². The third-order valence-electron chi connectivity index (χ3n) is 7.94. The maximum Gasteiger partial charge on any atom is 1.00 e. The predicted molar refractivity (Wildman–Crippen MR) is 238 cm³/mol. The second-order valence-electron chi connectivity index (χ2n) is 16.0. The molecule has 0 fully saturated rings. The van der Waals surface area contributed by atoms with Crippen molar-refractivity contribution in [2.45, 2.75) is 167 Å². The number of amides is 2. The molecule has 0 aliphatic heterocycles. The zero-order valence-electron chi connectivity index (χ0n) is 37.7. The molecule has 0 heterocycles. The average Bonchev–Trinajstić information content (AvgIpc) is 3.11. The van der Waals surface area contributed by atoms with Gasteiger partial charge in [0.1, 0.15) is 23.7 Å². The molecule has 0 saturated carbocycles. The minimum atomic E-state index is -1.40. The van der Waals surface area contributed by atoms with Gasteiger partial charge in [-0.05, 0) is 25.7 Å². The van der Waals surface area contributed by atoms with E-state index in [0.717, 1.165) is 50.0 Å². The van der Waals surface area contributed by atoms with Gasteiger partial charge in [0.15, 0.2) is 0 Å². The van der Waals surface area contributed by atoms with Crippen molar-refractivity contribution >= 4 is 90.4 Å². The Morgan fingerprint density at radius 3 is 1.25 bits per heavy atom. The zero-order chi connectivity index (χ0) is 44.9. The summed E-state index contributed by atoms with van der Waals surface area (Å²) in [6.45, 7) is 16.8. The number of hydrogen-bond acceptors (Lipinski definition) is 15. The van der Waals surface area contributed by atoms with Crippen LogP contribution in [0.4, 0.5) is 0 Å². The van der Waals surface area contributed by atoms with E-state index in [1.807, 2.05) is 13.8 Å². The number of unbranched alkanes of at least 4 members (excludes halogenated alkanes) is 6. The first-order valence-electron chi connectivity index (χ1n) is 19.8. The number of carbonyl (C=O) groups is 8. The van der Waals surface area contributed by atoms with Gasteiger partial charge in [-0.1, -0.05) is 124 Å². The summed E-state index contributed by atoms with van der Waals surface area (Å²) in [5.74, 6) is -2.41. The molecule has 0 radical (unpaired) electrons. The molecule has 0 aromatic carbocycles. The Kier molecular flexibility index (Phi) is 39.5. The summed E-state index contributed by atoms with van der Waals surface area (Å²) >= 11 is 0. The van der Waals surface area contributed by atoms with Crippen LogP contribution in [0.25, 0.3) is 0 Å². The van der Waals surface area contributed by atoms with Gasteiger partial charge in [0.2, 0.25) is 11.8 Å². The maximum atomic E-state index is 12.2. The van der Waals surface area contributed by atoms with Crippen LogP contribution in [-0.4, -0.2) is 110 Å². The minimum Gasteiger partial charge on any atom is -0.870 e. The number of carboxylic acid groups (broad SMARTS) is 2. The molecular weight excluding hydrogens is 852 g/mol. The number of aliphatic carboxylic acids is 2. The molecule has 4 unspecified atom stereocenters. The monoisotopic (exact) mass is 922 g/mol. The van der Waals surface area contributed by atoms with Crippen molar-refractivity contribution < 1.29 is 82.4 Å². The number of carbonyl (C=O) groups excluding carboxylic acids is 6. The standard InChI is InChI=1S/C21H37NO6S2.C19H33NO6S2.Li.H2O/c1-15(14-29-30-21(2,3)4)17(23)11-9-7-8-10-12-18(24)22-16(20(26)28-6)13-19(25)27-5;1-13(12-27-28-19(2,3)4)15(21)9-7-5-6-8-10-16(22)20-14(18(25)26)11-17(23)24;;/h15-16H,7-14H2,1-6H3,(H,22,24);13-14H,5-12H2,1-4H3,(H,20,22)(H,23,24)(H,25,26);;1H2/q;;+1;/p-1. The molecule has 0 aliphatic carbocycles. The molecular formula is C40H71LiN2O13S4. The summed E-state index contributed by atoms with van der Waals surface area (Å²) < 4.78 is 9.50. The van der Waals surface area contributed by atoms with Crippen molar-refractivity contribution in [1.82, 2.24) is 10.6 Å². The van der Waals surface area contributed by atoms with Crippen LogP contribution in [0.5, 0.6) is 0 Å². The summed E-state index contributed by atoms with van der Waals surface area (Å²) in [5, 5.41) is 22.3. The topological polar surface area (TPSA) is 250 Å². The van der Waals surface area contributed by atoms with Gasteiger partial charge in [-0.15, -0.1) is 0 Å². The van der Waals surface area contributed by atoms with Gasteiger partial charge >= 0.3 is 42.7 Å². The number of Topliss-reactive ketones (excluding diaryl/α,β-unsaturated/α-hetero) is 2. The van der Waals surface area contributed by atoms with Crippen LogP contribution in [0.2, 0.25) is 0 Å². The van der Waals surface area contributed by atoms with E-state index in [1.54, 1.807) is 43.2 Å². The second-order valence-corrected chi connectivity index (χ2v) is 22.3. The van der Waals surface area contributed by atoms with Gasteiger partial charge in [0.25, 0.3) is 0 Å². The number of methoxy groups -OCH3 is 2. The SMILES string of the molecule is CC(CSSC(C)(C)C)C(=O)CCCCCCC(=O)NC(CC(=O)O)C(=O)O.COC(=O)CC(NC(=O)CCCCCCC(=O)C(C)CSSC(C)(C)C)C(=O)OC.[Li+].[OH-]. The average molecular weight is 923 g/mol. The molecule has 4 atom stereocenters. The first kappa shape index (κ1) is 64.7. The molecule has 2 amide bonds. The van der Waals surface area contributed by atoms with Crippen LogP contribution in [-0.2, 0) is 47.8 Å². The molecule has 0 bridgehead atoms. The summed E-state index contributed by atoms with van der Waals surface area (Å²) in [5.41, 5.74) is 0. The second kappa shape index (κ2) is 36.6. The number of rotatable bonds is 30. The summed E-state index contributed by atoms with van der Waals surface area (Å²) in [4.78, 5) is 92.6. The zero-order valence-corrected chi connectivity index (χ0v) is 40.9. The normalized spacial score (nSPS) is 13.0. The Labute approximate surface area is 385 Å². The molecule has 20 heteroatoms. The van der Waals surface area contributed by atoms with Gasteiger partial charge in [-0.25, -0.2) is 9.59 Å². The van der Waals surface area contributed by atoms with Gasteiger partial charge in [0, 0.05) is 58.5 Å². The van der Waals surface area contributed by atoms with Crippen LogP contribution in [0.1, 0.15) is 145 Å². The molecule has 344 valence electrons. The van der Waals surface area contributed by atoms with Crippen molar-refractivity contribution in [3.63, 3.8) is 0 Å². The van der Waals surface area contributed by atoms with E-state index in [9.17, 15) is 38.4 Å². The molecule has 15 nitrogen and oxygen atoms in total. The molecule has 60 heavy (non-hydrogen) atoms. The van der Waals surface area contributed by atoms with E-state index in [2.05, 4.69) is 61.6 Å². The van der Waals surface area contributed by atoms with E-state index in [1.165, 1.54) is 14.2 Å². The summed E-state index contributed by atoms with van der Waals surface area (Å²) in [6, 6.07) is -2.44. The number of ketones is 2. The quantitative estimate of drug-likeness (QED) is 0.0335. The van der Waals surface area contributed by atoms with Crippen LogP contribution in [0, 0.1) is 11.8 Å². The van der Waals surface area contributed by atoms with Gasteiger partial charge in [-0.2, -0.15) is 0 Å². The molecule has 0 aliphatic rings. The fourth-order valence-electron chi connectivity index (χ4n) is 4.67.